The van der Waals surface area contributed by atoms with Crippen molar-refractivity contribution >= 4 is 17.7 Å². The van der Waals surface area contributed by atoms with E-state index < -0.39 is 6.10 Å². The van der Waals surface area contributed by atoms with Gasteiger partial charge in [0.15, 0.2) is 0 Å². The van der Waals surface area contributed by atoms with Crippen LogP contribution < -0.4 is 0 Å². The molecule has 2 N–H and O–H groups in total. The number of ether oxygens (including phenoxy) is 1. The smallest absolute Gasteiger partial charge is 0.223 e. The highest BCUT2D eigenvalue weighted by Gasteiger charge is 2.43. The van der Waals surface area contributed by atoms with Gasteiger partial charge in [-0.2, -0.15) is 11.8 Å². The Morgan fingerprint density at radius 1 is 1.37 bits per heavy atom. The van der Waals surface area contributed by atoms with Crippen molar-refractivity contribution in [3.63, 3.8) is 0 Å². The van der Waals surface area contributed by atoms with Crippen molar-refractivity contribution in [1.82, 2.24) is 4.90 Å². The molecule has 0 aromatic heterocycles. The number of aliphatic hydroxyl groups excluding tert-OH is 2. The summed E-state index contributed by atoms with van der Waals surface area (Å²) in [4.78, 5) is 14.1. The first-order chi connectivity index (χ1) is 14.6. The average molecular weight is 438 g/mol. The van der Waals surface area contributed by atoms with Crippen molar-refractivity contribution < 1.29 is 19.7 Å². The zero-order chi connectivity index (χ0) is 21.3. The molecule has 2 aliphatic carbocycles. The second kappa shape index (κ2) is 12.3. The molecule has 3 aliphatic rings. The fourth-order valence-electron chi connectivity index (χ4n) is 5.00. The summed E-state index contributed by atoms with van der Waals surface area (Å²) < 4.78 is 5.30. The van der Waals surface area contributed by atoms with Gasteiger partial charge in [0.05, 0.1) is 25.4 Å². The number of carbonyl (C=O) groups excluding carboxylic acids is 1. The third-order valence-electron chi connectivity index (χ3n) is 6.72. The standard InChI is InChI=1S/C24H39NO4S/c1-2-3-4-5-20(26)6-7-21-22-15-18(14-19(22)16-23(21)27)17-30-13-8-24(28)25-9-11-29-12-10-25/h6-7,14,19-23,26-27H,2-5,8-13,15-17H2,1H3/t19-,20-,21+,22-,23+/m0/s1. The average Bonchev–Trinajstić information content (AvgIpc) is 3.26. The van der Waals surface area contributed by atoms with E-state index in [9.17, 15) is 15.0 Å². The molecule has 0 aromatic carbocycles. The van der Waals surface area contributed by atoms with Crippen LogP contribution in [0.1, 0.15) is 51.9 Å². The molecule has 0 unspecified atom stereocenters. The van der Waals surface area contributed by atoms with Crippen molar-refractivity contribution in [2.75, 3.05) is 37.8 Å². The molecule has 0 radical (unpaired) electrons. The SMILES string of the molecule is CCCCC[C@H](O)C=C[C@@H]1[C@H]2CC(CSCCC(=O)N3CCOCC3)=C[C@H]2C[C@H]1O. The van der Waals surface area contributed by atoms with Crippen LogP contribution in [0.4, 0.5) is 0 Å². The van der Waals surface area contributed by atoms with Crippen LogP contribution in [-0.2, 0) is 9.53 Å². The lowest BCUT2D eigenvalue weighted by molar-refractivity contribution is -0.134. The largest absolute Gasteiger partial charge is 0.392 e. The van der Waals surface area contributed by atoms with Crippen molar-refractivity contribution in [2.45, 2.75) is 64.1 Å². The molecule has 5 atom stereocenters. The van der Waals surface area contributed by atoms with Crippen LogP contribution in [-0.4, -0.2) is 71.0 Å². The van der Waals surface area contributed by atoms with E-state index in [2.05, 4.69) is 19.1 Å². The first-order valence-corrected chi connectivity index (χ1v) is 12.9. The monoisotopic (exact) mass is 437 g/mol. The van der Waals surface area contributed by atoms with E-state index in [0.717, 1.165) is 63.1 Å². The van der Waals surface area contributed by atoms with Gasteiger partial charge in [0.1, 0.15) is 0 Å². The molecule has 1 aliphatic heterocycles. The Kier molecular flexibility index (Phi) is 9.75. The van der Waals surface area contributed by atoms with E-state index >= 15 is 0 Å². The van der Waals surface area contributed by atoms with E-state index in [4.69, 9.17) is 4.74 Å². The summed E-state index contributed by atoms with van der Waals surface area (Å²) in [7, 11) is 0. The van der Waals surface area contributed by atoms with Gasteiger partial charge in [-0.25, -0.2) is 0 Å². The summed E-state index contributed by atoms with van der Waals surface area (Å²) in [5.74, 6) is 3.16. The van der Waals surface area contributed by atoms with E-state index in [-0.39, 0.29) is 17.9 Å². The molecule has 0 aromatic rings. The third kappa shape index (κ3) is 6.84. The summed E-state index contributed by atoms with van der Waals surface area (Å²) in [6.45, 7) is 4.94. The number of carbonyl (C=O) groups is 1. The lowest BCUT2D eigenvalue weighted by atomic mass is 9.89. The minimum atomic E-state index is -0.392. The number of amides is 1. The van der Waals surface area contributed by atoms with Gasteiger partial charge in [-0.15, -0.1) is 0 Å². The van der Waals surface area contributed by atoms with E-state index in [1.807, 2.05) is 22.7 Å². The molecule has 1 saturated heterocycles. The maximum absolute atomic E-state index is 12.2. The molecule has 30 heavy (non-hydrogen) atoms. The van der Waals surface area contributed by atoms with Crippen molar-refractivity contribution in [1.29, 1.82) is 0 Å². The van der Waals surface area contributed by atoms with Gasteiger partial charge < -0.3 is 19.8 Å². The Balaban J connectivity index is 1.37. The molecule has 2 fully saturated rings. The number of rotatable bonds is 11. The highest BCUT2D eigenvalue weighted by Crippen LogP contribution is 2.47. The van der Waals surface area contributed by atoms with Gasteiger partial charge in [0.25, 0.3) is 0 Å². The van der Waals surface area contributed by atoms with Gasteiger partial charge >= 0.3 is 0 Å². The molecule has 6 heteroatoms. The highest BCUT2D eigenvalue weighted by atomic mass is 32.2. The zero-order valence-electron chi connectivity index (χ0n) is 18.4. The summed E-state index contributed by atoms with van der Waals surface area (Å²) in [5, 5.41) is 20.7. The summed E-state index contributed by atoms with van der Waals surface area (Å²) >= 11 is 1.85. The molecule has 170 valence electrons. The Bertz CT molecular complexity index is 602. The van der Waals surface area contributed by atoms with Crippen LogP contribution in [0.3, 0.4) is 0 Å². The fraction of sp³-hybridized carbons (Fsp3) is 0.792. The first kappa shape index (κ1) is 23.8. The van der Waals surface area contributed by atoms with E-state index in [1.54, 1.807) is 0 Å². The summed E-state index contributed by atoms with van der Waals surface area (Å²) in [6, 6.07) is 0. The van der Waals surface area contributed by atoms with E-state index in [0.29, 0.717) is 31.5 Å². The quantitative estimate of drug-likeness (QED) is 0.383. The number of aliphatic hydroxyl groups is 2. The van der Waals surface area contributed by atoms with Crippen LogP contribution in [0.15, 0.2) is 23.8 Å². The normalized spacial score (nSPS) is 30.0. The topological polar surface area (TPSA) is 70.0 Å². The number of nitrogens with zero attached hydrogens (tertiary/aromatic N) is 1. The van der Waals surface area contributed by atoms with Gasteiger partial charge in [0, 0.05) is 36.9 Å². The maximum Gasteiger partial charge on any atom is 0.223 e. The third-order valence-corrected chi connectivity index (χ3v) is 7.79. The Morgan fingerprint density at radius 2 is 2.17 bits per heavy atom. The first-order valence-electron chi connectivity index (χ1n) is 11.8. The van der Waals surface area contributed by atoms with Crippen LogP contribution in [0.2, 0.25) is 0 Å². The number of allylic oxidation sites excluding steroid dienone is 1. The molecular formula is C24H39NO4S. The Hall–Kier alpha value is -0.820. The van der Waals surface area contributed by atoms with Crippen molar-refractivity contribution in [3.05, 3.63) is 23.8 Å². The molecule has 0 bridgehead atoms. The number of hydrogen-bond donors (Lipinski definition) is 2. The zero-order valence-corrected chi connectivity index (χ0v) is 19.2. The highest BCUT2D eigenvalue weighted by molar-refractivity contribution is 7.99. The molecule has 1 heterocycles. The number of hydrogen-bond acceptors (Lipinski definition) is 5. The number of morpholine rings is 1. The van der Waals surface area contributed by atoms with Crippen LogP contribution >= 0.6 is 11.8 Å². The molecule has 1 amide bonds. The van der Waals surface area contributed by atoms with Gasteiger partial charge in [-0.3, -0.25) is 4.79 Å². The Morgan fingerprint density at radius 3 is 2.93 bits per heavy atom. The maximum atomic E-state index is 12.2. The van der Waals surface area contributed by atoms with E-state index in [1.165, 1.54) is 5.57 Å². The molecule has 3 rings (SSSR count). The molecule has 5 nitrogen and oxygen atoms in total. The molecule has 0 spiro atoms. The second-order valence-electron chi connectivity index (χ2n) is 8.98. The summed E-state index contributed by atoms with van der Waals surface area (Å²) in [6.07, 6.45) is 12.3. The van der Waals surface area contributed by atoms with Crippen molar-refractivity contribution in [2.24, 2.45) is 17.8 Å². The van der Waals surface area contributed by atoms with Crippen LogP contribution in [0, 0.1) is 17.8 Å². The molecule has 1 saturated carbocycles. The fourth-order valence-corrected chi connectivity index (χ4v) is 5.94. The number of fused-ring (bicyclic) bond motifs is 1. The van der Waals surface area contributed by atoms with Gasteiger partial charge in [-0.1, -0.05) is 50.0 Å². The van der Waals surface area contributed by atoms with Crippen LogP contribution in [0.25, 0.3) is 0 Å². The number of unbranched alkanes of at least 4 members (excludes halogenated alkanes) is 2. The minimum Gasteiger partial charge on any atom is -0.392 e. The predicted octanol–water partition coefficient (Wildman–Crippen LogP) is 3.41. The Labute approximate surface area is 185 Å². The lowest BCUT2D eigenvalue weighted by Gasteiger charge is -2.26. The number of thioether (sulfide) groups is 1. The van der Waals surface area contributed by atoms with Crippen LogP contribution in [0.5, 0.6) is 0 Å². The lowest BCUT2D eigenvalue weighted by Crippen LogP contribution is -2.40. The van der Waals surface area contributed by atoms with Gasteiger partial charge in [-0.05, 0) is 31.1 Å². The van der Waals surface area contributed by atoms with Crippen molar-refractivity contribution in [3.8, 4) is 0 Å². The minimum absolute atomic E-state index is 0.150. The van der Waals surface area contributed by atoms with Gasteiger partial charge in [0.2, 0.25) is 5.91 Å². The summed E-state index contributed by atoms with van der Waals surface area (Å²) in [5.41, 5.74) is 1.46. The molecular weight excluding hydrogens is 398 g/mol. The second-order valence-corrected chi connectivity index (χ2v) is 10.1. The predicted molar refractivity (Wildman–Crippen MR) is 122 cm³/mol.